The number of hydrogen-bond acceptors (Lipinski definition) is 4. The van der Waals surface area contributed by atoms with Gasteiger partial charge in [-0.3, -0.25) is 4.79 Å². The van der Waals surface area contributed by atoms with Crippen molar-refractivity contribution in [1.82, 2.24) is 4.98 Å². The zero-order valence-corrected chi connectivity index (χ0v) is 10.7. The summed E-state index contributed by atoms with van der Waals surface area (Å²) in [6.07, 6.45) is 2.43. The molecule has 0 unspecified atom stereocenters. The van der Waals surface area contributed by atoms with Crippen LogP contribution < -0.4 is 10.1 Å². The molecule has 0 amide bonds. The molecule has 0 aliphatic rings. The van der Waals surface area contributed by atoms with Gasteiger partial charge in [0.15, 0.2) is 0 Å². The number of carboxylic acids is 1. The average molecular weight is 260 g/mol. The smallest absolute Gasteiger partial charge is 0.303 e. The van der Waals surface area contributed by atoms with E-state index in [0.717, 1.165) is 22.3 Å². The predicted octanol–water partition coefficient (Wildman–Crippen LogP) is 2.52. The number of aromatic nitrogens is 1. The summed E-state index contributed by atoms with van der Waals surface area (Å²) in [5.41, 5.74) is 0. The van der Waals surface area contributed by atoms with Crippen molar-refractivity contribution < 1.29 is 14.6 Å². The van der Waals surface area contributed by atoms with E-state index < -0.39 is 5.97 Å². The number of hydrogen-bond donors (Lipinski definition) is 2. The molecule has 0 bridgehead atoms. The Labute approximate surface area is 111 Å². The Morgan fingerprint density at radius 3 is 3.00 bits per heavy atom. The number of methoxy groups -OCH3 is 1. The summed E-state index contributed by atoms with van der Waals surface area (Å²) in [6.45, 7) is 0.566. The van der Waals surface area contributed by atoms with E-state index in [1.54, 1.807) is 13.3 Å². The fourth-order valence-electron chi connectivity index (χ4n) is 1.95. The van der Waals surface area contributed by atoms with Crippen molar-refractivity contribution >= 4 is 22.6 Å². The lowest BCUT2D eigenvalue weighted by molar-refractivity contribution is -0.137. The fourth-order valence-corrected chi connectivity index (χ4v) is 1.95. The number of anilines is 1. The molecule has 5 heteroatoms. The fraction of sp³-hybridized carbons (Fsp3) is 0.286. The van der Waals surface area contributed by atoms with Gasteiger partial charge in [0.2, 0.25) is 0 Å². The van der Waals surface area contributed by atoms with Crippen LogP contribution >= 0.6 is 0 Å². The molecule has 0 spiro atoms. The highest BCUT2D eigenvalue weighted by Crippen LogP contribution is 2.30. The van der Waals surface area contributed by atoms with E-state index in [0.29, 0.717) is 13.0 Å². The minimum Gasteiger partial charge on any atom is -0.496 e. The first-order valence-electron chi connectivity index (χ1n) is 6.10. The highest BCUT2D eigenvalue weighted by Gasteiger charge is 2.07. The van der Waals surface area contributed by atoms with E-state index >= 15 is 0 Å². The number of fused-ring (bicyclic) bond motifs is 1. The van der Waals surface area contributed by atoms with Crippen LogP contribution in [0.4, 0.5) is 5.82 Å². The minimum absolute atomic E-state index is 0.148. The Bertz CT molecular complexity index is 579. The third-order valence-electron chi connectivity index (χ3n) is 2.83. The van der Waals surface area contributed by atoms with Crippen LogP contribution in [0.1, 0.15) is 12.8 Å². The van der Waals surface area contributed by atoms with Gasteiger partial charge in [0.25, 0.3) is 0 Å². The number of nitrogens with zero attached hydrogens (tertiary/aromatic N) is 1. The molecular weight excluding hydrogens is 244 g/mol. The van der Waals surface area contributed by atoms with Gasteiger partial charge < -0.3 is 15.2 Å². The van der Waals surface area contributed by atoms with Crippen molar-refractivity contribution in [2.45, 2.75) is 12.8 Å². The Hall–Kier alpha value is -2.30. The molecule has 0 saturated heterocycles. The molecule has 2 rings (SSSR count). The molecule has 0 aliphatic heterocycles. The normalized spacial score (nSPS) is 10.4. The van der Waals surface area contributed by atoms with Crippen LogP contribution in [0.2, 0.25) is 0 Å². The van der Waals surface area contributed by atoms with E-state index in [4.69, 9.17) is 9.84 Å². The van der Waals surface area contributed by atoms with Gasteiger partial charge in [-0.25, -0.2) is 4.98 Å². The molecule has 0 fully saturated rings. The Morgan fingerprint density at radius 1 is 1.42 bits per heavy atom. The SMILES string of the molecule is COc1cccc2ccnc(NCCCC(=O)O)c12. The summed E-state index contributed by atoms with van der Waals surface area (Å²) >= 11 is 0. The summed E-state index contributed by atoms with van der Waals surface area (Å²) in [5, 5.41) is 13.7. The van der Waals surface area contributed by atoms with Crippen molar-refractivity contribution in [3.63, 3.8) is 0 Å². The third-order valence-corrected chi connectivity index (χ3v) is 2.83. The van der Waals surface area contributed by atoms with Crippen molar-refractivity contribution in [2.24, 2.45) is 0 Å². The molecule has 1 aromatic carbocycles. The van der Waals surface area contributed by atoms with E-state index in [9.17, 15) is 4.79 Å². The molecule has 0 saturated carbocycles. The number of pyridine rings is 1. The number of carbonyl (C=O) groups is 1. The molecule has 0 atom stereocenters. The Kier molecular flexibility index (Phi) is 4.18. The molecule has 5 nitrogen and oxygen atoms in total. The topological polar surface area (TPSA) is 71.5 Å². The highest BCUT2D eigenvalue weighted by atomic mass is 16.5. The predicted molar refractivity (Wildman–Crippen MR) is 73.7 cm³/mol. The van der Waals surface area contributed by atoms with Crippen molar-refractivity contribution in [2.75, 3.05) is 19.0 Å². The standard InChI is InChI=1S/C14H16N2O3/c1-19-11-5-2-4-10-7-9-16-14(13(10)11)15-8-3-6-12(17)18/h2,4-5,7,9H,3,6,8H2,1H3,(H,15,16)(H,17,18). The van der Waals surface area contributed by atoms with Crippen LogP contribution in [-0.4, -0.2) is 29.7 Å². The molecule has 2 N–H and O–H groups in total. The molecule has 1 heterocycles. The molecule has 0 aliphatic carbocycles. The van der Waals surface area contributed by atoms with E-state index in [1.807, 2.05) is 24.3 Å². The van der Waals surface area contributed by atoms with Gasteiger partial charge in [0.05, 0.1) is 12.5 Å². The van der Waals surface area contributed by atoms with E-state index in [1.165, 1.54) is 0 Å². The average Bonchev–Trinajstić information content (AvgIpc) is 2.42. The molecular formula is C14H16N2O3. The lowest BCUT2D eigenvalue weighted by Gasteiger charge is -2.11. The minimum atomic E-state index is -0.787. The summed E-state index contributed by atoms with van der Waals surface area (Å²) in [4.78, 5) is 14.8. The first-order chi connectivity index (χ1) is 9.22. The van der Waals surface area contributed by atoms with E-state index in [2.05, 4.69) is 10.3 Å². The second-order valence-corrected chi connectivity index (χ2v) is 4.14. The van der Waals surface area contributed by atoms with Gasteiger partial charge in [0, 0.05) is 19.2 Å². The van der Waals surface area contributed by atoms with Gasteiger partial charge in [-0.15, -0.1) is 0 Å². The second-order valence-electron chi connectivity index (χ2n) is 4.14. The van der Waals surface area contributed by atoms with Gasteiger partial charge in [-0.1, -0.05) is 12.1 Å². The lowest BCUT2D eigenvalue weighted by Crippen LogP contribution is -2.06. The van der Waals surface area contributed by atoms with Gasteiger partial charge >= 0.3 is 5.97 Å². The summed E-state index contributed by atoms with van der Waals surface area (Å²) < 4.78 is 5.34. The molecule has 2 aromatic rings. The largest absolute Gasteiger partial charge is 0.496 e. The molecule has 19 heavy (non-hydrogen) atoms. The van der Waals surface area contributed by atoms with Crippen LogP contribution in [0.3, 0.4) is 0 Å². The van der Waals surface area contributed by atoms with Crippen LogP contribution in [-0.2, 0) is 4.79 Å². The Morgan fingerprint density at radius 2 is 2.26 bits per heavy atom. The number of nitrogens with one attached hydrogen (secondary N) is 1. The van der Waals surface area contributed by atoms with Gasteiger partial charge in [0.1, 0.15) is 11.6 Å². The lowest BCUT2D eigenvalue weighted by atomic mass is 10.1. The first-order valence-corrected chi connectivity index (χ1v) is 6.10. The number of ether oxygens (including phenoxy) is 1. The van der Waals surface area contributed by atoms with Gasteiger partial charge in [-0.2, -0.15) is 0 Å². The molecule has 1 aromatic heterocycles. The monoisotopic (exact) mass is 260 g/mol. The zero-order valence-electron chi connectivity index (χ0n) is 10.7. The summed E-state index contributed by atoms with van der Waals surface area (Å²) in [6, 6.07) is 7.71. The highest BCUT2D eigenvalue weighted by molar-refractivity contribution is 5.96. The van der Waals surface area contributed by atoms with E-state index in [-0.39, 0.29) is 6.42 Å². The number of rotatable bonds is 6. The second kappa shape index (κ2) is 6.04. The Balaban J connectivity index is 2.20. The quantitative estimate of drug-likeness (QED) is 0.781. The maximum atomic E-state index is 10.5. The van der Waals surface area contributed by atoms with Crippen LogP contribution in [0.15, 0.2) is 30.5 Å². The van der Waals surface area contributed by atoms with Crippen molar-refractivity contribution in [3.05, 3.63) is 30.5 Å². The summed E-state index contributed by atoms with van der Waals surface area (Å²) in [7, 11) is 1.62. The van der Waals surface area contributed by atoms with Crippen LogP contribution in [0.25, 0.3) is 10.8 Å². The number of benzene rings is 1. The van der Waals surface area contributed by atoms with Gasteiger partial charge in [-0.05, 0) is 23.9 Å². The van der Waals surface area contributed by atoms with Crippen molar-refractivity contribution in [3.8, 4) is 5.75 Å². The molecule has 0 radical (unpaired) electrons. The third kappa shape index (κ3) is 3.13. The zero-order chi connectivity index (χ0) is 13.7. The maximum absolute atomic E-state index is 10.5. The molecule has 100 valence electrons. The van der Waals surface area contributed by atoms with Crippen LogP contribution in [0, 0.1) is 0 Å². The van der Waals surface area contributed by atoms with Crippen molar-refractivity contribution in [1.29, 1.82) is 0 Å². The number of carboxylic acid groups (broad SMARTS) is 1. The van der Waals surface area contributed by atoms with Crippen LogP contribution in [0.5, 0.6) is 5.75 Å². The maximum Gasteiger partial charge on any atom is 0.303 e. The number of aliphatic carboxylic acids is 1. The summed E-state index contributed by atoms with van der Waals surface area (Å²) in [5.74, 6) is 0.692. The first kappa shape index (κ1) is 13.1.